The van der Waals surface area contributed by atoms with E-state index in [9.17, 15) is 4.79 Å². The number of hydrogen-bond acceptors (Lipinski definition) is 6. The van der Waals surface area contributed by atoms with Crippen LogP contribution in [-0.2, 0) is 4.79 Å². The molecule has 0 spiro atoms. The molecule has 0 aliphatic carbocycles. The van der Waals surface area contributed by atoms with Crippen molar-refractivity contribution in [1.82, 2.24) is 0 Å². The molecule has 0 unspecified atom stereocenters. The van der Waals surface area contributed by atoms with E-state index in [0.29, 0.717) is 30.2 Å². The van der Waals surface area contributed by atoms with Gasteiger partial charge in [0.1, 0.15) is 11.5 Å². The Morgan fingerprint density at radius 3 is 2.65 bits per heavy atom. The Kier molecular flexibility index (Phi) is 6.49. The number of methoxy groups -OCH3 is 1. The number of carbonyl (C=O) groups is 1. The summed E-state index contributed by atoms with van der Waals surface area (Å²) >= 11 is 1.68. The molecule has 6 nitrogen and oxygen atoms in total. The zero-order chi connectivity index (χ0) is 18.2. The van der Waals surface area contributed by atoms with E-state index in [4.69, 9.17) is 18.9 Å². The van der Waals surface area contributed by atoms with Crippen molar-refractivity contribution in [2.75, 3.05) is 37.3 Å². The van der Waals surface area contributed by atoms with Gasteiger partial charge in [0.15, 0.2) is 11.5 Å². The smallest absolute Gasteiger partial charge is 0.231 e. The summed E-state index contributed by atoms with van der Waals surface area (Å²) in [6.07, 6.45) is 0.446. The molecule has 2 aromatic carbocycles. The fraction of sp³-hybridized carbons (Fsp3) is 0.316. The molecule has 2 aromatic rings. The molecule has 0 bridgehead atoms. The summed E-state index contributed by atoms with van der Waals surface area (Å²) in [6.45, 7) is 0.822. The highest BCUT2D eigenvalue weighted by atomic mass is 32.2. The number of fused-ring (bicyclic) bond motifs is 1. The maximum Gasteiger partial charge on any atom is 0.231 e. The van der Waals surface area contributed by atoms with Gasteiger partial charge in [-0.25, -0.2) is 0 Å². The summed E-state index contributed by atoms with van der Waals surface area (Å²) in [4.78, 5) is 12.0. The normalized spacial score (nSPS) is 11.9. The predicted molar refractivity (Wildman–Crippen MR) is 102 cm³/mol. The molecule has 1 N–H and O–H groups in total. The standard InChI is InChI=1S/C19H21NO5S/c1-22-15-3-5-16(6-4-15)23-9-11-26-10-8-19(21)20-14-2-7-17-18(12-14)25-13-24-17/h2-7,12H,8-11,13H2,1H3,(H,20,21). The van der Waals surface area contributed by atoms with Gasteiger partial charge in [0.2, 0.25) is 12.7 Å². The lowest BCUT2D eigenvalue weighted by atomic mass is 10.2. The number of ether oxygens (including phenoxy) is 4. The summed E-state index contributed by atoms with van der Waals surface area (Å²) in [7, 11) is 1.63. The molecule has 1 amide bonds. The lowest BCUT2D eigenvalue weighted by molar-refractivity contribution is -0.115. The molecule has 138 valence electrons. The number of carbonyl (C=O) groups excluding carboxylic acids is 1. The highest BCUT2D eigenvalue weighted by molar-refractivity contribution is 7.99. The Balaban J connectivity index is 1.29. The maximum atomic E-state index is 12.0. The van der Waals surface area contributed by atoms with Gasteiger partial charge in [-0.3, -0.25) is 4.79 Å². The Morgan fingerprint density at radius 1 is 1.08 bits per heavy atom. The number of amides is 1. The quantitative estimate of drug-likeness (QED) is 0.676. The molecule has 7 heteroatoms. The first-order chi connectivity index (χ1) is 12.7. The molecule has 3 rings (SSSR count). The number of benzene rings is 2. The van der Waals surface area contributed by atoms with Crippen LogP contribution >= 0.6 is 11.8 Å². The van der Waals surface area contributed by atoms with E-state index in [1.807, 2.05) is 24.3 Å². The zero-order valence-electron chi connectivity index (χ0n) is 14.5. The third-order valence-corrected chi connectivity index (χ3v) is 4.63. The minimum atomic E-state index is -0.0209. The van der Waals surface area contributed by atoms with Crippen molar-refractivity contribution in [3.63, 3.8) is 0 Å². The van der Waals surface area contributed by atoms with E-state index in [1.165, 1.54) is 0 Å². The van der Waals surface area contributed by atoms with Gasteiger partial charge in [-0.2, -0.15) is 11.8 Å². The van der Waals surface area contributed by atoms with Crippen LogP contribution in [0.2, 0.25) is 0 Å². The van der Waals surface area contributed by atoms with Crippen LogP contribution in [0.3, 0.4) is 0 Å². The fourth-order valence-electron chi connectivity index (χ4n) is 2.36. The highest BCUT2D eigenvalue weighted by Crippen LogP contribution is 2.34. The molecule has 1 aliphatic heterocycles. The molecule has 0 radical (unpaired) electrons. The van der Waals surface area contributed by atoms with Crippen molar-refractivity contribution >= 4 is 23.4 Å². The Labute approximate surface area is 156 Å². The van der Waals surface area contributed by atoms with Gasteiger partial charge in [-0.05, 0) is 36.4 Å². The van der Waals surface area contributed by atoms with Gasteiger partial charge in [-0.1, -0.05) is 0 Å². The average Bonchev–Trinajstić information content (AvgIpc) is 3.13. The molecule has 0 aromatic heterocycles. The molecule has 26 heavy (non-hydrogen) atoms. The topological polar surface area (TPSA) is 66.0 Å². The monoisotopic (exact) mass is 375 g/mol. The number of anilines is 1. The maximum absolute atomic E-state index is 12.0. The van der Waals surface area contributed by atoms with Crippen molar-refractivity contribution in [3.8, 4) is 23.0 Å². The van der Waals surface area contributed by atoms with E-state index in [2.05, 4.69) is 5.32 Å². The van der Waals surface area contributed by atoms with Gasteiger partial charge in [0, 0.05) is 29.7 Å². The van der Waals surface area contributed by atoms with E-state index in [0.717, 1.165) is 23.0 Å². The van der Waals surface area contributed by atoms with Crippen LogP contribution in [-0.4, -0.2) is 37.9 Å². The summed E-state index contributed by atoms with van der Waals surface area (Å²) in [6, 6.07) is 12.9. The van der Waals surface area contributed by atoms with Crippen LogP contribution in [0, 0.1) is 0 Å². The van der Waals surface area contributed by atoms with Gasteiger partial charge in [0.25, 0.3) is 0 Å². The van der Waals surface area contributed by atoms with Gasteiger partial charge >= 0.3 is 0 Å². The number of rotatable bonds is 9. The molecule has 0 saturated heterocycles. The van der Waals surface area contributed by atoms with E-state index in [1.54, 1.807) is 37.1 Å². The van der Waals surface area contributed by atoms with Crippen molar-refractivity contribution < 1.29 is 23.7 Å². The largest absolute Gasteiger partial charge is 0.497 e. The van der Waals surface area contributed by atoms with Crippen molar-refractivity contribution in [2.45, 2.75) is 6.42 Å². The van der Waals surface area contributed by atoms with Crippen LogP contribution < -0.4 is 24.3 Å². The van der Waals surface area contributed by atoms with E-state index >= 15 is 0 Å². The number of nitrogens with one attached hydrogen (secondary N) is 1. The first-order valence-corrected chi connectivity index (χ1v) is 9.44. The second-order valence-electron chi connectivity index (χ2n) is 5.50. The third kappa shape index (κ3) is 5.23. The van der Waals surface area contributed by atoms with Crippen LogP contribution in [0.25, 0.3) is 0 Å². The Morgan fingerprint density at radius 2 is 1.85 bits per heavy atom. The van der Waals surface area contributed by atoms with Gasteiger partial charge in [-0.15, -0.1) is 0 Å². The second-order valence-corrected chi connectivity index (χ2v) is 6.73. The van der Waals surface area contributed by atoms with Gasteiger partial charge < -0.3 is 24.3 Å². The highest BCUT2D eigenvalue weighted by Gasteiger charge is 2.14. The predicted octanol–water partition coefficient (Wildman–Crippen LogP) is 3.56. The zero-order valence-corrected chi connectivity index (χ0v) is 15.3. The summed E-state index contributed by atoms with van der Waals surface area (Å²) < 4.78 is 21.3. The lowest BCUT2D eigenvalue weighted by Crippen LogP contribution is -2.12. The summed E-state index contributed by atoms with van der Waals surface area (Å²) in [5.74, 6) is 4.52. The van der Waals surface area contributed by atoms with Crippen molar-refractivity contribution in [3.05, 3.63) is 42.5 Å². The number of thioether (sulfide) groups is 1. The molecule has 0 atom stereocenters. The first-order valence-electron chi connectivity index (χ1n) is 8.29. The molecule has 1 aliphatic rings. The van der Waals surface area contributed by atoms with Crippen LogP contribution in [0.4, 0.5) is 5.69 Å². The molecule has 0 saturated carbocycles. The Bertz CT molecular complexity index is 735. The minimum absolute atomic E-state index is 0.0209. The van der Waals surface area contributed by atoms with Gasteiger partial charge in [0.05, 0.1) is 13.7 Å². The fourth-order valence-corrected chi connectivity index (χ4v) is 3.09. The van der Waals surface area contributed by atoms with Crippen LogP contribution in [0.15, 0.2) is 42.5 Å². The molecule has 1 heterocycles. The average molecular weight is 375 g/mol. The minimum Gasteiger partial charge on any atom is -0.497 e. The van der Waals surface area contributed by atoms with Crippen molar-refractivity contribution in [2.24, 2.45) is 0 Å². The second kappa shape index (κ2) is 9.24. The van der Waals surface area contributed by atoms with Crippen LogP contribution in [0.5, 0.6) is 23.0 Å². The Hall–Kier alpha value is -2.54. The number of hydrogen-bond donors (Lipinski definition) is 1. The van der Waals surface area contributed by atoms with Crippen LogP contribution in [0.1, 0.15) is 6.42 Å². The third-order valence-electron chi connectivity index (χ3n) is 3.69. The molecular formula is C19H21NO5S. The molecule has 0 fully saturated rings. The summed E-state index contributed by atoms with van der Waals surface area (Å²) in [5.41, 5.74) is 0.715. The van der Waals surface area contributed by atoms with E-state index < -0.39 is 0 Å². The molecular weight excluding hydrogens is 354 g/mol. The lowest BCUT2D eigenvalue weighted by Gasteiger charge is -2.08. The SMILES string of the molecule is COc1ccc(OCCSCCC(=O)Nc2ccc3c(c2)OCO3)cc1. The van der Waals surface area contributed by atoms with E-state index in [-0.39, 0.29) is 12.7 Å². The summed E-state index contributed by atoms with van der Waals surface area (Å²) in [5, 5.41) is 2.87. The first kappa shape index (κ1) is 18.3. The van der Waals surface area contributed by atoms with Crippen molar-refractivity contribution in [1.29, 1.82) is 0 Å².